The number of anilines is 1. The van der Waals surface area contributed by atoms with Crippen molar-refractivity contribution >= 4 is 11.7 Å². The average Bonchev–Trinajstić information content (AvgIpc) is 3.37. The van der Waals surface area contributed by atoms with Crippen molar-refractivity contribution in [1.82, 2.24) is 9.78 Å². The molecule has 1 aliphatic rings. The van der Waals surface area contributed by atoms with E-state index in [9.17, 15) is 4.79 Å². The summed E-state index contributed by atoms with van der Waals surface area (Å²) in [5.41, 5.74) is 1.82. The Morgan fingerprint density at radius 2 is 1.96 bits per heavy atom. The largest absolute Gasteiger partial charge is 0.493 e. The Morgan fingerprint density at radius 1 is 1.21 bits per heavy atom. The predicted octanol–water partition coefficient (Wildman–Crippen LogP) is 3.02. The number of carbonyl (C=O) groups is 1. The SMILES string of the molecule is COc1cc([C@H]2CC(=O)Nc3c2cnn3Cc2ccco2)cc(OC)c1OC. The second kappa shape index (κ2) is 7.30. The molecular formula is C20H21N3O5. The van der Waals surface area contributed by atoms with Gasteiger partial charge in [0.2, 0.25) is 11.7 Å². The van der Waals surface area contributed by atoms with Gasteiger partial charge < -0.3 is 23.9 Å². The predicted molar refractivity (Wildman–Crippen MR) is 101 cm³/mol. The molecule has 3 heterocycles. The molecule has 2 aromatic heterocycles. The molecule has 8 nitrogen and oxygen atoms in total. The van der Waals surface area contributed by atoms with Crippen LogP contribution in [0.3, 0.4) is 0 Å². The third kappa shape index (κ3) is 3.06. The number of nitrogens with one attached hydrogen (secondary N) is 1. The quantitative estimate of drug-likeness (QED) is 0.704. The number of rotatable bonds is 6. The summed E-state index contributed by atoms with van der Waals surface area (Å²) in [6.07, 6.45) is 3.70. The van der Waals surface area contributed by atoms with Gasteiger partial charge in [0, 0.05) is 17.9 Å². The fraction of sp³-hybridized carbons (Fsp3) is 0.300. The fourth-order valence-electron chi connectivity index (χ4n) is 3.54. The van der Waals surface area contributed by atoms with Crippen molar-refractivity contribution in [3.63, 3.8) is 0 Å². The molecule has 1 atom stereocenters. The monoisotopic (exact) mass is 383 g/mol. The number of amides is 1. The van der Waals surface area contributed by atoms with Crippen molar-refractivity contribution in [1.29, 1.82) is 0 Å². The molecule has 0 bridgehead atoms. The smallest absolute Gasteiger partial charge is 0.226 e. The molecule has 0 unspecified atom stereocenters. The second-order valence-electron chi connectivity index (χ2n) is 6.45. The third-order valence-electron chi connectivity index (χ3n) is 4.87. The molecule has 4 rings (SSSR count). The van der Waals surface area contributed by atoms with Gasteiger partial charge in [-0.05, 0) is 29.8 Å². The number of hydrogen-bond acceptors (Lipinski definition) is 6. The van der Waals surface area contributed by atoms with Crippen LogP contribution in [0.25, 0.3) is 0 Å². The van der Waals surface area contributed by atoms with Crippen LogP contribution in [0.4, 0.5) is 5.82 Å². The van der Waals surface area contributed by atoms with Crippen LogP contribution in [-0.4, -0.2) is 37.0 Å². The zero-order chi connectivity index (χ0) is 19.7. The van der Waals surface area contributed by atoms with Crippen LogP contribution < -0.4 is 19.5 Å². The standard InChI is InChI=1S/C20H21N3O5/c1-25-16-7-12(8-17(26-2)19(16)27-3)14-9-18(24)22-20-15(14)10-21-23(20)11-13-5-4-6-28-13/h4-8,10,14H,9,11H2,1-3H3,(H,22,24)/t14-/m1/s1. The molecule has 0 saturated heterocycles. The van der Waals surface area contributed by atoms with Crippen LogP contribution in [0.5, 0.6) is 17.2 Å². The molecule has 28 heavy (non-hydrogen) atoms. The summed E-state index contributed by atoms with van der Waals surface area (Å²) in [6, 6.07) is 7.44. The first-order valence-electron chi connectivity index (χ1n) is 8.82. The van der Waals surface area contributed by atoms with Gasteiger partial charge in [0.05, 0.1) is 33.8 Å². The molecule has 1 amide bonds. The first kappa shape index (κ1) is 18.0. The van der Waals surface area contributed by atoms with E-state index >= 15 is 0 Å². The highest BCUT2D eigenvalue weighted by Gasteiger charge is 2.31. The number of hydrogen-bond donors (Lipinski definition) is 1. The van der Waals surface area contributed by atoms with E-state index in [1.807, 2.05) is 24.3 Å². The average molecular weight is 383 g/mol. The van der Waals surface area contributed by atoms with Crippen molar-refractivity contribution in [2.24, 2.45) is 0 Å². The van der Waals surface area contributed by atoms with Crippen molar-refractivity contribution in [3.8, 4) is 17.2 Å². The molecule has 3 aromatic rings. The molecule has 1 aromatic carbocycles. The Morgan fingerprint density at radius 3 is 2.57 bits per heavy atom. The minimum Gasteiger partial charge on any atom is -0.493 e. The van der Waals surface area contributed by atoms with Crippen LogP contribution in [0, 0.1) is 0 Å². The first-order valence-corrected chi connectivity index (χ1v) is 8.82. The highest BCUT2D eigenvalue weighted by molar-refractivity contribution is 5.94. The Hall–Kier alpha value is -3.42. The molecular weight excluding hydrogens is 362 g/mol. The summed E-state index contributed by atoms with van der Waals surface area (Å²) in [7, 11) is 4.70. The Bertz CT molecular complexity index is 968. The Labute approximate surface area is 162 Å². The van der Waals surface area contributed by atoms with E-state index in [4.69, 9.17) is 18.6 Å². The van der Waals surface area contributed by atoms with Gasteiger partial charge in [-0.1, -0.05) is 0 Å². The number of nitrogens with zero attached hydrogens (tertiary/aromatic N) is 2. The number of furan rings is 1. The van der Waals surface area contributed by atoms with E-state index in [-0.39, 0.29) is 11.8 Å². The summed E-state index contributed by atoms with van der Waals surface area (Å²) in [6.45, 7) is 0.435. The van der Waals surface area contributed by atoms with Crippen molar-refractivity contribution in [2.45, 2.75) is 18.9 Å². The number of fused-ring (bicyclic) bond motifs is 1. The van der Waals surface area contributed by atoms with Gasteiger partial charge in [-0.15, -0.1) is 0 Å². The maximum atomic E-state index is 12.4. The molecule has 0 spiro atoms. The van der Waals surface area contributed by atoms with E-state index < -0.39 is 0 Å². The van der Waals surface area contributed by atoms with Crippen LogP contribution >= 0.6 is 0 Å². The summed E-state index contributed by atoms with van der Waals surface area (Å²) in [5, 5.41) is 7.39. The highest BCUT2D eigenvalue weighted by atomic mass is 16.5. The molecule has 0 aliphatic carbocycles. The van der Waals surface area contributed by atoms with E-state index in [0.29, 0.717) is 36.0 Å². The Kier molecular flexibility index (Phi) is 4.68. The zero-order valence-corrected chi connectivity index (χ0v) is 15.9. The zero-order valence-electron chi connectivity index (χ0n) is 15.9. The minimum absolute atomic E-state index is 0.0764. The van der Waals surface area contributed by atoms with Crippen molar-refractivity contribution in [3.05, 3.63) is 53.6 Å². The maximum Gasteiger partial charge on any atom is 0.226 e. The lowest BCUT2D eigenvalue weighted by atomic mass is 9.87. The topological polar surface area (TPSA) is 87.8 Å². The Balaban J connectivity index is 1.76. The maximum absolute atomic E-state index is 12.4. The number of ether oxygens (including phenoxy) is 3. The van der Waals surface area contributed by atoms with E-state index in [0.717, 1.165) is 16.9 Å². The number of aromatic nitrogens is 2. The number of benzene rings is 1. The molecule has 8 heteroatoms. The lowest BCUT2D eigenvalue weighted by Gasteiger charge is -2.25. The summed E-state index contributed by atoms with van der Waals surface area (Å²) >= 11 is 0. The fourth-order valence-corrected chi connectivity index (χ4v) is 3.54. The molecule has 0 radical (unpaired) electrons. The molecule has 1 N–H and O–H groups in total. The van der Waals surface area contributed by atoms with Gasteiger partial charge in [-0.25, -0.2) is 4.68 Å². The second-order valence-corrected chi connectivity index (χ2v) is 6.45. The van der Waals surface area contributed by atoms with Gasteiger partial charge in [-0.2, -0.15) is 5.10 Å². The van der Waals surface area contributed by atoms with Gasteiger partial charge in [0.25, 0.3) is 0 Å². The van der Waals surface area contributed by atoms with Crippen LogP contribution in [0.1, 0.15) is 29.2 Å². The van der Waals surface area contributed by atoms with Gasteiger partial charge in [0.15, 0.2) is 11.5 Å². The molecule has 146 valence electrons. The van der Waals surface area contributed by atoms with Crippen LogP contribution in [0.2, 0.25) is 0 Å². The lowest BCUT2D eigenvalue weighted by Crippen LogP contribution is -2.25. The highest BCUT2D eigenvalue weighted by Crippen LogP contribution is 2.44. The van der Waals surface area contributed by atoms with Crippen LogP contribution in [-0.2, 0) is 11.3 Å². The van der Waals surface area contributed by atoms with E-state index in [1.54, 1.807) is 38.5 Å². The van der Waals surface area contributed by atoms with Crippen molar-refractivity contribution < 1.29 is 23.4 Å². The molecule has 0 fully saturated rings. The molecule has 1 aliphatic heterocycles. The van der Waals surface area contributed by atoms with Gasteiger partial charge in [0.1, 0.15) is 18.1 Å². The van der Waals surface area contributed by atoms with Gasteiger partial charge >= 0.3 is 0 Å². The van der Waals surface area contributed by atoms with Gasteiger partial charge in [-0.3, -0.25) is 4.79 Å². The minimum atomic E-state index is -0.178. The number of carbonyl (C=O) groups excluding carboxylic acids is 1. The molecule has 0 saturated carbocycles. The van der Waals surface area contributed by atoms with Crippen LogP contribution in [0.15, 0.2) is 41.1 Å². The first-order chi connectivity index (χ1) is 13.6. The lowest BCUT2D eigenvalue weighted by molar-refractivity contribution is -0.116. The number of methoxy groups -OCH3 is 3. The summed E-state index contributed by atoms with van der Waals surface area (Å²) < 4.78 is 23.5. The van der Waals surface area contributed by atoms with Crippen molar-refractivity contribution in [2.75, 3.05) is 26.6 Å². The summed E-state index contributed by atoms with van der Waals surface area (Å²) in [4.78, 5) is 12.4. The summed E-state index contributed by atoms with van der Waals surface area (Å²) in [5.74, 6) is 2.79. The normalized spacial score (nSPS) is 15.7. The third-order valence-corrected chi connectivity index (χ3v) is 4.87. The van der Waals surface area contributed by atoms with E-state index in [2.05, 4.69) is 10.4 Å². The van der Waals surface area contributed by atoms with E-state index in [1.165, 1.54) is 0 Å².